The molecule has 0 spiro atoms. The lowest BCUT2D eigenvalue weighted by atomic mass is 9.62. The number of nitriles is 1. The summed E-state index contributed by atoms with van der Waals surface area (Å²) < 4.78 is 0. The number of nitrogens with zero attached hydrogens (tertiary/aromatic N) is 3. The van der Waals surface area contributed by atoms with Crippen LogP contribution < -0.4 is 0 Å². The maximum absolute atomic E-state index is 12.6. The van der Waals surface area contributed by atoms with Crippen molar-refractivity contribution in [2.75, 3.05) is 27.2 Å². The molecule has 1 amide bonds. The molecule has 0 heterocycles. The van der Waals surface area contributed by atoms with E-state index in [1.165, 1.54) is 0 Å². The fourth-order valence-electron chi connectivity index (χ4n) is 3.00. The standard InChI is InChI=1S/C14H25N3O/c1-6-17(12(3)9-16(4)5)13(18)14(10-15)7-11(2)8-14/h11-12H,6-9H2,1-5H3. The fourth-order valence-corrected chi connectivity index (χ4v) is 3.00. The third kappa shape index (κ3) is 2.84. The highest BCUT2D eigenvalue weighted by atomic mass is 16.2. The maximum Gasteiger partial charge on any atom is 0.243 e. The summed E-state index contributed by atoms with van der Waals surface area (Å²) in [6.45, 7) is 7.64. The Bertz CT molecular complexity index is 339. The minimum absolute atomic E-state index is 0.0277. The minimum Gasteiger partial charge on any atom is -0.338 e. The lowest BCUT2D eigenvalue weighted by Crippen LogP contribution is -2.54. The van der Waals surface area contributed by atoms with Crippen LogP contribution in [-0.4, -0.2) is 48.9 Å². The summed E-state index contributed by atoms with van der Waals surface area (Å²) in [5.74, 6) is 0.524. The first-order valence-electron chi connectivity index (χ1n) is 6.73. The summed E-state index contributed by atoms with van der Waals surface area (Å²) in [4.78, 5) is 16.5. The van der Waals surface area contributed by atoms with E-state index in [0.29, 0.717) is 25.3 Å². The van der Waals surface area contributed by atoms with Crippen molar-refractivity contribution >= 4 is 5.91 Å². The molecular formula is C14H25N3O. The van der Waals surface area contributed by atoms with Crippen molar-refractivity contribution in [3.8, 4) is 6.07 Å². The minimum atomic E-state index is -0.740. The molecule has 102 valence electrons. The van der Waals surface area contributed by atoms with Crippen LogP contribution in [0.15, 0.2) is 0 Å². The molecule has 1 rings (SSSR count). The van der Waals surface area contributed by atoms with E-state index in [-0.39, 0.29) is 11.9 Å². The highest BCUT2D eigenvalue weighted by Crippen LogP contribution is 2.46. The smallest absolute Gasteiger partial charge is 0.243 e. The van der Waals surface area contributed by atoms with Crippen molar-refractivity contribution in [2.45, 2.75) is 39.7 Å². The van der Waals surface area contributed by atoms with Gasteiger partial charge in [-0.2, -0.15) is 5.26 Å². The number of amides is 1. The summed E-state index contributed by atoms with van der Waals surface area (Å²) in [5.41, 5.74) is -0.740. The van der Waals surface area contributed by atoms with Gasteiger partial charge in [0.05, 0.1) is 6.07 Å². The van der Waals surface area contributed by atoms with Crippen LogP contribution in [0.4, 0.5) is 0 Å². The molecule has 0 aromatic carbocycles. The van der Waals surface area contributed by atoms with Crippen LogP contribution in [0.5, 0.6) is 0 Å². The summed E-state index contributed by atoms with van der Waals surface area (Å²) in [6, 6.07) is 2.41. The van der Waals surface area contributed by atoms with Crippen molar-refractivity contribution in [2.24, 2.45) is 11.3 Å². The molecule has 0 saturated heterocycles. The molecule has 0 bridgehead atoms. The van der Waals surface area contributed by atoms with E-state index in [4.69, 9.17) is 0 Å². The molecule has 1 aliphatic rings. The van der Waals surface area contributed by atoms with Gasteiger partial charge in [-0.05, 0) is 46.7 Å². The normalized spacial score (nSPS) is 28.4. The summed E-state index contributed by atoms with van der Waals surface area (Å²) >= 11 is 0. The predicted molar refractivity (Wildman–Crippen MR) is 71.8 cm³/mol. The number of likely N-dealkylation sites (N-methyl/N-ethyl adjacent to an activating group) is 2. The Morgan fingerprint density at radius 2 is 2.06 bits per heavy atom. The molecule has 0 aromatic heterocycles. The van der Waals surface area contributed by atoms with Crippen LogP contribution in [0.3, 0.4) is 0 Å². The Hall–Kier alpha value is -1.08. The first-order valence-corrected chi connectivity index (χ1v) is 6.73. The van der Waals surface area contributed by atoms with Gasteiger partial charge in [0.25, 0.3) is 0 Å². The Balaban J connectivity index is 2.77. The van der Waals surface area contributed by atoms with Crippen LogP contribution in [-0.2, 0) is 4.79 Å². The number of hydrogen-bond acceptors (Lipinski definition) is 3. The number of carbonyl (C=O) groups is 1. The second-order valence-electron chi connectivity index (χ2n) is 5.91. The fraction of sp³-hybridized carbons (Fsp3) is 0.857. The van der Waals surface area contributed by atoms with Gasteiger partial charge in [0.2, 0.25) is 5.91 Å². The third-order valence-electron chi connectivity index (χ3n) is 3.78. The molecule has 4 heteroatoms. The molecule has 1 aliphatic carbocycles. The van der Waals surface area contributed by atoms with Crippen molar-refractivity contribution in [3.63, 3.8) is 0 Å². The molecule has 1 fully saturated rings. The van der Waals surface area contributed by atoms with Gasteiger partial charge in [-0.15, -0.1) is 0 Å². The molecule has 0 radical (unpaired) electrons. The van der Waals surface area contributed by atoms with Crippen molar-refractivity contribution in [1.29, 1.82) is 5.26 Å². The van der Waals surface area contributed by atoms with Gasteiger partial charge < -0.3 is 9.80 Å². The van der Waals surface area contributed by atoms with Crippen LogP contribution >= 0.6 is 0 Å². The molecule has 0 N–H and O–H groups in total. The van der Waals surface area contributed by atoms with Crippen LogP contribution in [0, 0.1) is 22.7 Å². The van der Waals surface area contributed by atoms with Crippen LogP contribution in [0.25, 0.3) is 0 Å². The molecule has 1 unspecified atom stereocenters. The van der Waals surface area contributed by atoms with Crippen molar-refractivity contribution in [3.05, 3.63) is 0 Å². The molecule has 18 heavy (non-hydrogen) atoms. The summed E-state index contributed by atoms with van der Waals surface area (Å²) in [6.07, 6.45) is 1.43. The maximum atomic E-state index is 12.6. The lowest BCUT2D eigenvalue weighted by molar-refractivity contribution is -0.147. The van der Waals surface area contributed by atoms with Crippen LogP contribution in [0.2, 0.25) is 0 Å². The van der Waals surface area contributed by atoms with E-state index in [0.717, 1.165) is 6.54 Å². The zero-order chi connectivity index (χ0) is 13.9. The highest BCUT2D eigenvalue weighted by molar-refractivity contribution is 5.86. The monoisotopic (exact) mass is 251 g/mol. The molecular weight excluding hydrogens is 226 g/mol. The van der Waals surface area contributed by atoms with E-state index in [1.54, 1.807) is 0 Å². The average Bonchev–Trinajstić information content (AvgIpc) is 2.24. The number of hydrogen-bond donors (Lipinski definition) is 0. The van der Waals surface area contributed by atoms with Crippen molar-refractivity contribution in [1.82, 2.24) is 9.80 Å². The summed E-state index contributed by atoms with van der Waals surface area (Å²) in [7, 11) is 4.00. The predicted octanol–water partition coefficient (Wildman–Crippen LogP) is 1.72. The van der Waals surface area contributed by atoms with Crippen LogP contribution in [0.1, 0.15) is 33.6 Å². The van der Waals surface area contributed by atoms with Gasteiger partial charge >= 0.3 is 0 Å². The summed E-state index contributed by atoms with van der Waals surface area (Å²) in [5, 5.41) is 9.32. The Morgan fingerprint density at radius 3 is 2.39 bits per heavy atom. The van der Waals surface area contributed by atoms with Crippen molar-refractivity contribution < 1.29 is 4.79 Å². The molecule has 0 aliphatic heterocycles. The molecule has 1 atom stereocenters. The zero-order valence-electron chi connectivity index (χ0n) is 12.2. The van der Waals surface area contributed by atoms with E-state index >= 15 is 0 Å². The topological polar surface area (TPSA) is 47.3 Å². The Labute approximate surface area is 111 Å². The highest BCUT2D eigenvalue weighted by Gasteiger charge is 2.51. The number of rotatable bonds is 5. The first-order chi connectivity index (χ1) is 8.36. The lowest BCUT2D eigenvalue weighted by Gasteiger charge is -2.44. The quantitative estimate of drug-likeness (QED) is 0.747. The average molecular weight is 251 g/mol. The second-order valence-corrected chi connectivity index (χ2v) is 5.91. The van der Waals surface area contributed by atoms with Gasteiger partial charge in [0.15, 0.2) is 0 Å². The van der Waals surface area contributed by atoms with E-state index in [9.17, 15) is 10.1 Å². The Morgan fingerprint density at radius 1 is 1.50 bits per heavy atom. The van der Waals surface area contributed by atoms with Gasteiger partial charge in [-0.25, -0.2) is 0 Å². The van der Waals surface area contributed by atoms with E-state index in [2.05, 4.69) is 24.8 Å². The number of carbonyl (C=O) groups excluding carboxylic acids is 1. The third-order valence-corrected chi connectivity index (χ3v) is 3.78. The largest absolute Gasteiger partial charge is 0.338 e. The molecule has 1 saturated carbocycles. The van der Waals surface area contributed by atoms with E-state index in [1.807, 2.05) is 25.9 Å². The SMILES string of the molecule is CCN(C(=O)C1(C#N)CC(C)C1)C(C)CN(C)C. The van der Waals surface area contributed by atoms with Gasteiger partial charge in [0.1, 0.15) is 5.41 Å². The van der Waals surface area contributed by atoms with Gasteiger partial charge in [-0.3, -0.25) is 4.79 Å². The zero-order valence-corrected chi connectivity index (χ0v) is 12.2. The first kappa shape index (κ1) is 15.0. The molecule has 4 nitrogen and oxygen atoms in total. The Kier molecular flexibility index (Phi) is 4.75. The van der Waals surface area contributed by atoms with Gasteiger partial charge in [-0.1, -0.05) is 6.92 Å². The second kappa shape index (κ2) is 5.71. The van der Waals surface area contributed by atoms with Gasteiger partial charge in [0, 0.05) is 19.1 Å². The molecule has 0 aromatic rings. The van der Waals surface area contributed by atoms with E-state index < -0.39 is 5.41 Å².